The topological polar surface area (TPSA) is 66.8 Å². The van der Waals surface area contributed by atoms with Crippen LogP contribution in [0.1, 0.15) is 11.1 Å². The van der Waals surface area contributed by atoms with Crippen LogP contribution in [0.3, 0.4) is 0 Å². The maximum Gasteiger partial charge on any atom is 0.293 e. The van der Waals surface area contributed by atoms with Crippen LogP contribution in [-0.2, 0) is 11.3 Å². The van der Waals surface area contributed by atoms with Gasteiger partial charge in [0.2, 0.25) is 0 Å². The molecule has 1 aliphatic rings. The van der Waals surface area contributed by atoms with Crippen LogP contribution >= 0.6 is 55.2 Å². The molecule has 0 radical (unpaired) electrons. The van der Waals surface area contributed by atoms with Gasteiger partial charge in [-0.2, -0.15) is 0 Å². The van der Waals surface area contributed by atoms with Crippen LogP contribution in [0, 0.1) is 5.82 Å². The Kier molecular flexibility index (Phi) is 6.38. The van der Waals surface area contributed by atoms with Gasteiger partial charge in [-0.1, -0.05) is 17.7 Å². The fourth-order valence-corrected chi connectivity index (χ4v) is 4.37. The minimum Gasteiger partial charge on any atom is -0.503 e. The second kappa shape index (κ2) is 8.44. The molecule has 1 N–H and O–H groups in total. The average Bonchev–Trinajstić information content (AvgIpc) is 2.91. The number of phenols is 1. The third-order valence-corrected chi connectivity index (χ3v) is 7.32. The third kappa shape index (κ3) is 4.07. The maximum atomic E-state index is 13.2. The number of rotatable bonds is 4. The molecule has 0 atom stereocenters. The Morgan fingerprint density at radius 3 is 2.64 bits per heavy atom. The normalized spacial score (nSPS) is 15.6. The lowest BCUT2D eigenvalue weighted by atomic mass is 10.1. The molecule has 146 valence electrons. The van der Waals surface area contributed by atoms with Crippen molar-refractivity contribution in [3.8, 4) is 11.5 Å². The highest BCUT2D eigenvalue weighted by Crippen LogP contribution is 2.43. The van der Waals surface area contributed by atoms with Crippen LogP contribution in [0.5, 0.6) is 11.5 Å². The average molecular weight is 552 g/mol. The van der Waals surface area contributed by atoms with Crippen LogP contribution in [-0.4, -0.2) is 28.3 Å². The summed E-state index contributed by atoms with van der Waals surface area (Å²) in [5.74, 6) is -0.880. The predicted molar refractivity (Wildman–Crippen MR) is 113 cm³/mol. The van der Waals surface area contributed by atoms with Crippen molar-refractivity contribution in [3.05, 3.63) is 60.1 Å². The van der Waals surface area contributed by atoms with Crippen LogP contribution in [0.2, 0.25) is 5.02 Å². The van der Waals surface area contributed by atoms with Gasteiger partial charge < -0.3 is 9.84 Å². The summed E-state index contributed by atoms with van der Waals surface area (Å²) in [6, 6.07) is 5.31. The van der Waals surface area contributed by atoms with Gasteiger partial charge in [-0.3, -0.25) is 14.5 Å². The van der Waals surface area contributed by atoms with Crippen LogP contribution < -0.4 is 4.74 Å². The number of nitrogens with zero attached hydrogens (tertiary/aromatic N) is 1. The van der Waals surface area contributed by atoms with Crippen molar-refractivity contribution in [2.75, 3.05) is 7.11 Å². The van der Waals surface area contributed by atoms with Crippen molar-refractivity contribution in [1.29, 1.82) is 0 Å². The van der Waals surface area contributed by atoms with Crippen LogP contribution in [0.15, 0.2) is 38.1 Å². The Hall–Kier alpha value is -1.55. The molecule has 1 fully saturated rings. The number of carbonyl (C=O) groups excluding carboxylic acids is 2. The van der Waals surface area contributed by atoms with Crippen molar-refractivity contribution in [2.24, 2.45) is 0 Å². The number of thioether (sulfide) groups is 1. The third-order valence-electron chi connectivity index (χ3n) is 3.90. The summed E-state index contributed by atoms with van der Waals surface area (Å²) in [5, 5.41) is 9.69. The van der Waals surface area contributed by atoms with Gasteiger partial charge in [0.1, 0.15) is 5.82 Å². The molecule has 1 heterocycles. The molecule has 0 spiro atoms. The van der Waals surface area contributed by atoms with E-state index < -0.39 is 17.0 Å². The van der Waals surface area contributed by atoms with Crippen molar-refractivity contribution < 1.29 is 23.8 Å². The first-order valence-corrected chi connectivity index (χ1v) is 10.4. The van der Waals surface area contributed by atoms with E-state index in [2.05, 4.69) is 31.9 Å². The summed E-state index contributed by atoms with van der Waals surface area (Å²) >= 11 is 13.4. The highest BCUT2D eigenvalue weighted by atomic mass is 79.9. The molecule has 28 heavy (non-hydrogen) atoms. The van der Waals surface area contributed by atoms with E-state index >= 15 is 0 Å². The molecular formula is C18H11Br2ClFNO4S. The first-order valence-electron chi connectivity index (χ1n) is 7.67. The summed E-state index contributed by atoms with van der Waals surface area (Å²) in [4.78, 5) is 26.3. The molecule has 0 bridgehead atoms. The molecule has 0 aliphatic carbocycles. The largest absolute Gasteiger partial charge is 0.503 e. The van der Waals surface area contributed by atoms with Gasteiger partial charge in [-0.15, -0.1) is 0 Å². The molecule has 1 saturated heterocycles. The molecule has 2 aromatic rings. The molecule has 0 saturated carbocycles. The number of ether oxygens (including phenoxy) is 1. The minimum absolute atomic E-state index is 0.0646. The zero-order valence-electron chi connectivity index (χ0n) is 14.1. The Morgan fingerprint density at radius 2 is 2.00 bits per heavy atom. The molecule has 1 aliphatic heterocycles. The van der Waals surface area contributed by atoms with Crippen molar-refractivity contribution in [1.82, 2.24) is 4.90 Å². The van der Waals surface area contributed by atoms with E-state index in [0.29, 0.717) is 20.1 Å². The van der Waals surface area contributed by atoms with E-state index in [-0.39, 0.29) is 28.0 Å². The number of hydrogen-bond donors (Lipinski definition) is 1. The van der Waals surface area contributed by atoms with E-state index in [1.54, 1.807) is 0 Å². The summed E-state index contributed by atoms with van der Waals surface area (Å²) in [7, 11) is 1.40. The number of aromatic hydroxyl groups is 1. The van der Waals surface area contributed by atoms with E-state index in [4.69, 9.17) is 16.3 Å². The Bertz CT molecular complexity index is 1030. The van der Waals surface area contributed by atoms with Crippen molar-refractivity contribution in [3.63, 3.8) is 0 Å². The highest BCUT2D eigenvalue weighted by molar-refractivity contribution is 9.13. The first-order chi connectivity index (χ1) is 13.2. The lowest BCUT2D eigenvalue weighted by Gasteiger charge is -2.13. The van der Waals surface area contributed by atoms with Crippen molar-refractivity contribution in [2.45, 2.75) is 6.54 Å². The molecule has 10 heteroatoms. The number of amides is 2. The van der Waals surface area contributed by atoms with Gasteiger partial charge in [0, 0.05) is 9.50 Å². The number of phenolic OH excluding ortho intramolecular Hbond substituents is 1. The number of halogens is 4. The van der Waals surface area contributed by atoms with Gasteiger partial charge in [0.25, 0.3) is 11.1 Å². The quantitative estimate of drug-likeness (QED) is 0.476. The standard InChI is InChI=1S/C18H11Br2ClFNO4S/c1-27-12-4-9(14(19)15(20)16(12)24)5-13-17(25)23(18(26)28-13)7-8-2-3-10(22)6-11(8)21/h2-6,24H,7H2,1H3/b13-5-. The summed E-state index contributed by atoms with van der Waals surface area (Å²) in [6.07, 6.45) is 1.52. The number of benzene rings is 2. The van der Waals surface area contributed by atoms with Crippen molar-refractivity contribution >= 4 is 72.4 Å². The highest BCUT2D eigenvalue weighted by Gasteiger charge is 2.35. The van der Waals surface area contributed by atoms with E-state index in [9.17, 15) is 19.1 Å². The zero-order chi connectivity index (χ0) is 20.6. The van der Waals surface area contributed by atoms with Crippen LogP contribution in [0.4, 0.5) is 9.18 Å². The van der Waals surface area contributed by atoms with E-state index in [0.717, 1.165) is 22.7 Å². The van der Waals surface area contributed by atoms with Gasteiger partial charge in [-0.25, -0.2) is 4.39 Å². The molecule has 2 amide bonds. The lowest BCUT2D eigenvalue weighted by Crippen LogP contribution is -2.27. The van der Waals surface area contributed by atoms with Gasteiger partial charge in [0.15, 0.2) is 11.5 Å². The van der Waals surface area contributed by atoms with Gasteiger partial charge in [-0.05, 0) is 79.0 Å². The van der Waals surface area contributed by atoms with Gasteiger partial charge in [0.05, 0.1) is 23.0 Å². The zero-order valence-corrected chi connectivity index (χ0v) is 18.9. The maximum absolute atomic E-state index is 13.2. The Labute approximate surface area is 185 Å². The van der Waals surface area contributed by atoms with Gasteiger partial charge >= 0.3 is 0 Å². The first kappa shape index (κ1) is 21.2. The number of hydrogen-bond acceptors (Lipinski definition) is 5. The summed E-state index contributed by atoms with van der Waals surface area (Å²) in [5.41, 5.74) is 0.994. The van der Waals surface area contributed by atoms with Crippen LogP contribution in [0.25, 0.3) is 6.08 Å². The SMILES string of the molecule is COc1cc(/C=C2\SC(=O)N(Cc3ccc(F)cc3Cl)C2=O)c(Br)c(Br)c1O. The molecule has 0 unspecified atom stereocenters. The molecular weight excluding hydrogens is 541 g/mol. The fraction of sp³-hybridized carbons (Fsp3) is 0.111. The Balaban J connectivity index is 1.92. The second-order valence-electron chi connectivity index (χ2n) is 5.65. The second-order valence-corrected chi connectivity index (χ2v) is 8.63. The van der Waals surface area contributed by atoms with E-state index in [1.807, 2.05) is 0 Å². The lowest BCUT2D eigenvalue weighted by molar-refractivity contribution is -0.123. The Morgan fingerprint density at radius 1 is 1.29 bits per heavy atom. The molecule has 5 nitrogen and oxygen atoms in total. The molecule has 2 aromatic carbocycles. The molecule has 3 rings (SSSR count). The minimum atomic E-state index is -0.500. The van der Waals surface area contributed by atoms with E-state index in [1.165, 1.54) is 31.4 Å². The summed E-state index contributed by atoms with van der Waals surface area (Å²) < 4.78 is 19.2. The fourth-order valence-electron chi connectivity index (χ4n) is 2.47. The smallest absolute Gasteiger partial charge is 0.293 e. The molecule has 0 aromatic heterocycles. The number of methoxy groups -OCH3 is 1. The monoisotopic (exact) mass is 549 g/mol. The summed E-state index contributed by atoms with van der Waals surface area (Å²) in [6.45, 7) is -0.0646. The number of carbonyl (C=O) groups is 2. The predicted octanol–water partition coefficient (Wildman–Crippen LogP) is 5.95. The number of imide groups is 1.